The molecule has 104 valence electrons. The number of aliphatic carboxylic acids is 1. The van der Waals surface area contributed by atoms with Gasteiger partial charge in [0.25, 0.3) is 5.69 Å². The third-order valence-electron chi connectivity index (χ3n) is 3.07. The van der Waals surface area contributed by atoms with Gasteiger partial charge in [-0.3, -0.25) is 14.9 Å². The number of carboxylic acid groups (broad SMARTS) is 1. The van der Waals surface area contributed by atoms with Gasteiger partial charge >= 0.3 is 5.97 Å². The molecular formula is C13H18N2O4. The lowest BCUT2D eigenvalue weighted by atomic mass is 9.96. The first kappa shape index (κ1) is 14.9. The van der Waals surface area contributed by atoms with Crippen LogP contribution in [0, 0.1) is 28.9 Å². The van der Waals surface area contributed by atoms with E-state index in [1.54, 1.807) is 6.07 Å². The van der Waals surface area contributed by atoms with E-state index in [0.717, 1.165) is 5.56 Å². The Balaban J connectivity index is 2.84. The van der Waals surface area contributed by atoms with Gasteiger partial charge in [-0.25, -0.2) is 0 Å². The normalized spacial score (nSPS) is 12.2. The molecule has 2 N–H and O–H groups in total. The van der Waals surface area contributed by atoms with Gasteiger partial charge in [-0.2, -0.15) is 0 Å². The molecule has 0 amide bonds. The minimum absolute atomic E-state index is 0.00970. The zero-order chi connectivity index (χ0) is 14.6. The molecule has 6 nitrogen and oxygen atoms in total. The van der Waals surface area contributed by atoms with E-state index >= 15 is 0 Å². The smallest absolute Gasteiger partial charge is 0.308 e. The van der Waals surface area contributed by atoms with Gasteiger partial charge in [0, 0.05) is 24.4 Å². The molecule has 0 aliphatic rings. The summed E-state index contributed by atoms with van der Waals surface area (Å²) in [4.78, 5) is 21.3. The molecule has 0 aromatic heterocycles. The highest BCUT2D eigenvalue weighted by Crippen LogP contribution is 2.23. The molecule has 6 heteroatoms. The number of rotatable bonds is 6. The summed E-state index contributed by atoms with van der Waals surface area (Å²) < 4.78 is 0. The Kier molecular flexibility index (Phi) is 4.86. The third-order valence-corrected chi connectivity index (χ3v) is 3.07. The van der Waals surface area contributed by atoms with Gasteiger partial charge < -0.3 is 10.4 Å². The largest absolute Gasteiger partial charge is 0.481 e. The third kappa shape index (κ3) is 3.94. The quantitative estimate of drug-likeness (QED) is 0.610. The molecule has 1 atom stereocenters. The van der Waals surface area contributed by atoms with Crippen LogP contribution in [0.1, 0.15) is 19.4 Å². The van der Waals surface area contributed by atoms with Crippen LogP contribution >= 0.6 is 0 Å². The van der Waals surface area contributed by atoms with Crippen LogP contribution in [0.25, 0.3) is 0 Å². The van der Waals surface area contributed by atoms with E-state index < -0.39 is 16.8 Å². The summed E-state index contributed by atoms with van der Waals surface area (Å²) in [6, 6.07) is 4.50. The topological polar surface area (TPSA) is 92.5 Å². The Morgan fingerprint density at radius 2 is 2.11 bits per heavy atom. The number of carbonyl (C=O) groups is 1. The molecule has 0 bridgehead atoms. The van der Waals surface area contributed by atoms with Crippen LogP contribution < -0.4 is 5.32 Å². The molecule has 0 spiro atoms. The fourth-order valence-corrected chi connectivity index (χ4v) is 1.74. The minimum Gasteiger partial charge on any atom is -0.481 e. The maximum absolute atomic E-state index is 11.1. The van der Waals surface area contributed by atoms with Crippen LogP contribution in [0.15, 0.2) is 18.2 Å². The highest BCUT2D eigenvalue weighted by atomic mass is 16.6. The molecule has 0 fully saturated rings. The van der Waals surface area contributed by atoms with E-state index in [4.69, 9.17) is 5.11 Å². The van der Waals surface area contributed by atoms with Gasteiger partial charge in [-0.1, -0.05) is 19.9 Å². The van der Waals surface area contributed by atoms with Crippen molar-refractivity contribution in [3.8, 4) is 0 Å². The maximum atomic E-state index is 11.1. The number of hydrogen-bond donors (Lipinski definition) is 2. The predicted molar refractivity (Wildman–Crippen MR) is 72.3 cm³/mol. The fourth-order valence-electron chi connectivity index (χ4n) is 1.74. The van der Waals surface area contributed by atoms with E-state index in [9.17, 15) is 14.9 Å². The zero-order valence-electron chi connectivity index (χ0n) is 11.2. The first-order valence-electron chi connectivity index (χ1n) is 6.04. The van der Waals surface area contributed by atoms with Crippen molar-refractivity contribution in [3.05, 3.63) is 33.9 Å². The second-order valence-electron chi connectivity index (χ2n) is 4.83. The van der Waals surface area contributed by atoms with Crippen molar-refractivity contribution in [1.29, 1.82) is 0 Å². The number of nitrogens with zero attached hydrogens (tertiary/aromatic N) is 1. The van der Waals surface area contributed by atoms with Crippen molar-refractivity contribution in [2.45, 2.75) is 20.8 Å². The Bertz CT molecular complexity index is 486. The molecule has 1 aromatic carbocycles. The average molecular weight is 266 g/mol. The Labute approximate surface area is 111 Å². The molecule has 0 aliphatic carbocycles. The van der Waals surface area contributed by atoms with Crippen molar-refractivity contribution >= 4 is 17.3 Å². The van der Waals surface area contributed by atoms with Crippen LogP contribution in [0.4, 0.5) is 11.4 Å². The molecule has 0 aliphatic heterocycles. The molecule has 0 radical (unpaired) electrons. The molecule has 19 heavy (non-hydrogen) atoms. The van der Waals surface area contributed by atoms with Crippen LogP contribution in [-0.2, 0) is 4.79 Å². The second kappa shape index (κ2) is 6.17. The van der Waals surface area contributed by atoms with Gasteiger partial charge in [-0.15, -0.1) is 0 Å². The Hall–Kier alpha value is -2.11. The SMILES string of the molecule is Cc1ccc([N+](=O)[O-])cc1NCC(C(=O)O)C(C)C. The van der Waals surface area contributed by atoms with E-state index in [0.29, 0.717) is 5.69 Å². The summed E-state index contributed by atoms with van der Waals surface area (Å²) in [5.41, 5.74) is 1.43. The summed E-state index contributed by atoms with van der Waals surface area (Å²) in [5, 5.41) is 22.8. The molecule has 0 saturated carbocycles. The van der Waals surface area contributed by atoms with E-state index in [1.165, 1.54) is 12.1 Å². The average Bonchev–Trinajstić information content (AvgIpc) is 2.30. The maximum Gasteiger partial charge on any atom is 0.308 e. The highest BCUT2D eigenvalue weighted by molar-refractivity contribution is 5.71. The number of nitro benzene ring substituents is 1. The van der Waals surface area contributed by atoms with E-state index in [2.05, 4.69) is 5.32 Å². The fraction of sp³-hybridized carbons (Fsp3) is 0.462. The first-order valence-corrected chi connectivity index (χ1v) is 6.04. The van der Waals surface area contributed by atoms with Crippen LogP contribution in [0.3, 0.4) is 0 Å². The number of non-ortho nitro benzene ring substituents is 1. The minimum atomic E-state index is -0.870. The Morgan fingerprint density at radius 1 is 1.47 bits per heavy atom. The number of hydrogen-bond acceptors (Lipinski definition) is 4. The molecular weight excluding hydrogens is 248 g/mol. The lowest BCUT2D eigenvalue weighted by molar-refractivity contribution is -0.384. The van der Waals surface area contributed by atoms with Crippen LogP contribution in [0.2, 0.25) is 0 Å². The summed E-state index contributed by atoms with van der Waals surface area (Å²) in [6.07, 6.45) is 0. The van der Waals surface area contributed by atoms with E-state index in [1.807, 2.05) is 20.8 Å². The van der Waals surface area contributed by atoms with Crippen molar-refractivity contribution in [2.24, 2.45) is 11.8 Å². The molecule has 1 unspecified atom stereocenters. The number of benzene rings is 1. The highest BCUT2D eigenvalue weighted by Gasteiger charge is 2.21. The monoisotopic (exact) mass is 266 g/mol. The van der Waals surface area contributed by atoms with Gasteiger partial charge in [0.2, 0.25) is 0 Å². The first-order chi connectivity index (χ1) is 8.82. The number of carboxylic acids is 1. The number of anilines is 1. The second-order valence-corrected chi connectivity index (χ2v) is 4.83. The van der Waals surface area contributed by atoms with Gasteiger partial charge in [-0.05, 0) is 18.4 Å². The number of nitrogens with one attached hydrogen (secondary N) is 1. The van der Waals surface area contributed by atoms with Crippen LogP contribution in [-0.4, -0.2) is 22.5 Å². The predicted octanol–water partition coefficient (Wildman–Crippen LogP) is 2.67. The van der Waals surface area contributed by atoms with Crippen molar-refractivity contribution in [3.63, 3.8) is 0 Å². The Morgan fingerprint density at radius 3 is 2.58 bits per heavy atom. The van der Waals surface area contributed by atoms with E-state index in [-0.39, 0.29) is 18.2 Å². The standard InChI is InChI=1S/C13H18N2O4/c1-8(2)11(13(16)17)7-14-12-6-10(15(18)19)5-4-9(12)3/h4-6,8,11,14H,7H2,1-3H3,(H,16,17). The summed E-state index contributed by atoms with van der Waals surface area (Å²) >= 11 is 0. The summed E-state index contributed by atoms with van der Waals surface area (Å²) in [7, 11) is 0. The summed E-state index contributed by atoms with van der Waals surface area (Å²) in [6.45, 7) is 5.73. The lowest BCUT2D eigenvalue weighted by Crippen LogP contribution is -2.27. The zero-order valence-corrected chi connectivity index (χ0v) is 11.2. The molecule has 0 saturated heterocycles. The summed E-state index contributed by atoms with van der Waals surface area (Å²) in [5.74, 6) is -1.41. The number of nitro groups is 1. The van der Waals surface area contributed by atoms with Gasteiger partial charge in [0.15, 0.2) is 0 Å². The molecule has 1 rings (SSSR count). The van der Waals surface area contributed by atoms with Gasteiger partial charge in [0.1, 0.15) is 0 Å². The van der Waals surface area contributed by atoms with Crippen molar-refractivity contribution in [2.75, 3.05) is 11.9 Å². The molecule has 1 aromatic rings. The van der Waals surface area contributed by atoms with Crippen LogP contribution in [0.5, 0.6) is 0 Å². The van der Waals surface area contributed by atoms with Crippen molar-refractivity contribution < 1.29 is 14.8 Å². The lowest BCUT2D eigenvalue weighted by Gasteiger charge is -2.18. The molecule has 0 heterocycles. The van der Waals surface area contributed by atoms with Gasteiger partial charge in [0.05, 0.1) is 10.8 Å². The number of aryl methyl sites for hydroxylation is 1. The van der Waals surface area contributed by atoms with Crippen molar-refractivity contribution in [1.82, 2.24) is 0 Å².